The minimum Gasteiger partial charge on any atom is -0.379 e. The summed E-state index contributed by atoms with van der Waals surface area (Å²) in [7, 11) is 3.48. The molecule has 2 N–H and O–H groups in total. The summed E-state index contributed by atoms with van der Waals surface area (Å²) in [6.07, 6.45) is 1.04. The van der Waals surface area contributed by atoms with Crippen molar-refractivity contribution in [1.82, 2.24) is 15.1 Å². The van der Waals surface area contributed by atoms with Gasteiger partial charge in [0.15, 0.2) is 5.11 Å². The van der Waals surface area contributed by atoms with Crippen LogP contribution in [0.15, 0.2) is 24.3 Å². The van der Waals surface area contributed by atoms with Crippen LogP contribution in [0.4, 0.5) is 5.69 Å². The predicted molar refractivity (Wildman–Crippen MR) is 101 cm³/mol. The molecule has 0 unspecified atom stereocenters. The number of carbonyl (C=O) groups is 1. The summed E-state index contributed by atoms with van der Waals surface area (Å²) in [6.45, 7) is 5.58. The molecule has 1 amide bonds. The van der Waals surface area contributed by atoms with Crippen molar-refractivity contribution in [2.24, 2.45) is 0 Å². The lowest BCUT2D eigenvalue weighted by atomic mass is 10.2. The van der Waals surface area contributed by atoms with Crippen LogP contribution in [0.1, 0.15) is 16.8 Å². The second kappa shape index (κ2) is 9.56. The van der Waals surface area contributed by atoms with Gasteiger partial charge >= 0.3 is 0 Å². The molecule has 0 atom stereocenters. The molecule has 1 heterocycles. The summed E-state index contributed by atoms with van der Waals surface area (Å²) in [5, 5.41) is 6.95. The van der Waals surface area contributed by atoms with E-state index in [9.17, 15) is 4.79 Å². The van der Waals surface area contributed by atoms with Gasteiger partial charge in [-0.15, -0.1) is 0 Å². The molecule has 1 saturated heterocycles. The fourth-order valence-electron chi connectivity index (χ4n) is 2.46. The fraction of sp³-hybridized carbons (Fsp3) is 0.529. The van der Waals surface area contributed by atoms with Crippen LogP contribution in [0, 0.1) is 0 Å². The van der Waals surface area contributed by atoms with Gasteiger partial charge < -0.3 is 20.3 Å². The highest BCUT2D eigenvalue weighted by atomic mass is 32.1. The lowest BCUT2D eigenvalue weighted by Gasteiger charge is -2.26. The third-order valence-corrected chi connectivity index (χ3v) is 4.08. The largest absolute Gasteiger partial charge is 0.379 e. The molecule has 1 aromatic rings. The van der Waals surface area contributed by atoms with E-state index >= 15 is 0 Å². The van der Waals surface area contributed by atoms with Crippen LogP contribution in [0.5, 0.6) is 0 Å². The van der Waals surface area contributed by atoms with E-state index in [0.717, 1.165) is 51.5 Å². The fourth-order valence-corrected chi connectivity index (χ4v) is 2.68. The van der Waals surface area contributed by atoms with Crippen molar-refractivity contribution in [2.45, 2.75) is 6.42 Å². The molecule has 7 heteroatoms. The van der Waals surface area contributed by atoms with Crippen molar-refractivity contribution in [3.05, 3.63) is 29.8 Å². The van der Waals surface area contributed by atoms with Crippen molar-refractivity contribution >= 4 is 28.9 Å². The minimum atomic E-state index is -0.00892. The number of rotatable bonds is 6. The van der Waals surface area contributed by atoms with Crippen molar-refractivity contribution < 1.29 is 9.53 Å². The van der Waals surface area contributed by atoms with Gasteiger partial charge in [0.2, 0.25) is 0 Å². The van der Waals surface area contributed by atoms with Crippen LogP contribution in [-0.2, 0) is 4.74 Å². The molecule has 0 saturated carbocycles. The first-order valence-electron chi connectivity index (χ1n) is 8.23. The normalized spacial score (nSPS) is 14.9. The second-order valence-corrected chi connectivity index (χ2v) is 6.37. The molecule has 1 aliphatic heterocycles. The van der Waals surface area contributed by atoms with Crippen molar-refractivity contribution in [3.63, 3.8) is 0 Å². The van der Waals surface area contributed by atoms with E-state index in [-0.39, 0.29) is 5.91 Å². The first kappa shape index (κ1) is 18.6. The topological polar surface area (TPSA) is 56.8 Å². The molecule has 2 rings (SSSR count). The summed E-state index contributed by atoms with van der Waals surface area (Å²) in [4.78, 5) is 15.8. The Bertz CT molecular complexity index is 542. The molecular weight excluding hydrogens is 324 g/mol. The Morgan fingerprint density at radius 2 is 1.92 bits per heavy atom. The van der Waals surface area contributed by atoms with Gasteiger partial charge in [-0.1, -0.05) is 0 Å². The molecule has 0 bridgehead atoms. The van der Waals surface area contributed by atoms with Gasteiger partial charge in [0.1, 0.15) is 0 Å². The van der Waals surface area contributed by atoms with Crippen molar-refractivity contribution in [3.8, 4) is 0 Å². The van der Waals surface area contributed by atoms with E-state index in [4.69, 9.17) is 17.0 Å². The zero-order valence-corrected chi connectivity index (χ0v) is 15.2. The molecule has 1 aliphatic rings. The highest BCUT2D eigenvalue weighted by Gasteiger charge is 2.09. The summed E-state index contributed by atoms with van der Waals surface area (Å²) >= 11 is 5.30. The molecule has 6 nitrogen and oxygen atoms in total. The summed E-state index contributed by atoms with van der Waals surface area (Å²) < 4.78 is 5.33. The van der Waals surface area contributed by atoms with E-state index in [0.29, 0.717) is 10.7 Å². The lowest BCUT2D eigenvalue weighted by Crippen LogP contribution is -2.38. The number of ether oxygens (including phenoxy) is 1. The first-order chi connectivity index (χ1) is 11.6. The van der Waals surface area contributed by atoms with Crippen LogP contribution < -0.4 is 10.6 Å². The molecule has 24 heavy (non-hydrogen) atoms. The van der Waals surface area contributed by atoms with Crippen LogP contribution in [0.2, 0.25) is 0 Å². The maximum absolute atomic E-state index is 11.8. The number of carbonyl (C=O) groups excluding carboxylic acids is 1. The van der Waals surface area contributed by atoms with E-state index in [1.807, 2.05) is 12.1 Å². The van der Waals surface area contributed by atoms with Crippen molar-refractivity contribution in [1.29, 1.82) is 0 Å². The number of amides is 1. The summed E-state index contributed by atoms with van der Waals surface area (Å²) in [5.74, 6) is -0.00892. The Kier molecular flexibility index (Phi) is 7.42. The third kappa shape index (κ3) is 6.07. The number of thiocarbonyl (C=S) groups is 1. The molecule has 1 fully saturated rings. The number of morpholine rings is 1. The Labute approximate surface area is 149 Å². The highest BCUT2D eigenvalue weighted by molar-refractivity contribution is 7.80. The van der Waals surface area contributed by atoms with Gasteiger partial charge in [0.05, 0.1) is 13.2 Å². The number of nitrogens with one attached hydrogen (secondary N) is 2. The zero-order valence-electron chi connectivity index (χ0n) is 14.4. The SMILES string of the molecule is CN(C)C(=O)c1ccc(NC(=S)NCCCN2CCOCC2)cc1. The average molecular weight is 350 g/mol. The minimum absolute atomic E-state index is 0.00892. The molecule has 0 aliphatic carbocycles. The van der Waals surface area contributed by atoms with Crippen LogP contribution in [0.3, 0.4) is 0 Å². The van der Waals surface area contributed by atoms with Crippen LogP contribution in [0.25, 0.3) is 0 Å². The van der Waals surface area contributed by atoms with Gasteiger partial charge in [0.25, 0.3) is 5.91 Å². The average Bonchev–Trinajstić information content (AvgIpc) is 2.59. The monoisotopic (exact) mass is 350 g/mol. The summed E-state index contributed by atoms with van der Waals surface area (Å²) in [6, 6.07) is 7.31. The van der Waals surface area contributed by atoms with Gasteiger partial charge in [0, 0.05) is 45.0 Å². The number of hydrogen-bond acceptors (Lipinski definition) is 4. The Morgan fingerprint density at radius 3 is 2.54 bits per heavy atom. The maximum atomic E-state index is 11.8. The van der Waals surface area contributed by atoms with Crippen LogP contribution >= 0.6 is 12.2 Å². The third-order valence-electron chi connectivity index (χ3n) is 3.84. The molecule has 0 radical (unpaired) electrons. The molecule has 0 spiro atoms. The van der Waals surface area contributed by atoms with E-state index in [2.05, 4.69) is 15.5 Å². The number of anilines is 1. The van der Waals surface area contributed by atoms with Gasteiger partial charge in [-0.05, 0) is 49.4 Å². The molecule has 1 aromatic carbocycles. The number of benzene rings is 1. The maximum Gasteiger partial charge on any atom is 0.253 e. The van der Waals surface area contributed by atoms with Gasteiger partial charge in [-0.3, -0.25) is 9.69 Å². The Morgan fingerprint density at radius 1 is 1.25 bits per heavy atom. The summed E-state index contributed by atoms with van der Waals surface area (Å²) in [5.41, 5.74) is 1.53. The quantitative estimate of drug-likeness (QED) is 0.597. The lowest BCUT2D eigenvalue weighted by molar-refractivity contribution is 0.0376. The zero-order chi connectivity index (χ0) is 17.4. The van der Waals surface area contributed by atoms with Gasteiger partial charge in [-0.25, -0.2) is 0 Å². The van der Waals surface area contributed by atoms with E-state index in [1.165, 1.54) is 0 Å². The predicted octanol–water partition coefficient (Wildman–Crippen LogP) is 1.40. The molecule has 132 valence electrons. The standard InChI is InChI=1S/C17H26N4O2S/c1-20(2)16(22)14-4-6-15(7-5-14)19-17(24)18-8-3-9-21-10-12-23-13-11-21/h4-7H,3,8-13H2,1-2H3,(H2,18,19,24). The van der Waals surface area contributed by atoms with Crippen LogP contribution in [-0.4, -0.2) is 74.3 Å². The van der Waals surface area contributed by atoms with Crippen molar-refractivity contribution in [2.75, 3.05) is 58.8 Å². The number of nitrogens with zero attached hydrogens (tertiary/aromatic N) is 2. The second-order valence-electron chi connectivity index (χ2n) is 5.97. The smallest absolute Gasteiger partial charge is 0.253 e. The Hall–Kier alpha value is -1.70. The van der Waals surface area contributed by atoms with Gasteiger partial charge in [-0.2, -0.15) is 0 Å². The molecule has 0 aromatic heterocycles. The van der Waals surface area contributed by atoms with E-state index in [1.54, 1.807) is 31.1 Å². The number of hydrogen-bond donors (Lipinski definition) is 2. The molecular formula is C17H26N4O2S. The Balaban J connectivity index is 1.67. The first-order valence-corrected chi connectivity index (χ1v) is 8.64. The highest BCUT2D eigenvalue weighted by Crippen LogP contribution is 2.10. The van der Waals surface area contributed by atoms with E-state index < -0.39 is 0 Å².